The number of aromatic carboxylic acids is 1. The van der Waals surface area contributed by atoms with Crippen LogP contribution in [0.1, 0.15) is 36.1 Å². The topological polar surface area (TPSA) is 82.8 Å². The molecule has 0 fully saturated rings. The summed E-state index contributed by atoms with van der Waals surface area (Å²) in [7, 11) is 0. The lowest BCUT2D eigenvalue weighted by Crippen LogP contribution is -2.48. The van der Waals surface area contributed by atoms with Crippen molar-refractivity contribution in [1.82, 2.24) is 10.2 Å². The van der Waals surface area contributed by atoms with Gasteiger partial charge in [0.05, 0.1) is 13.1 Å². The molecular formula is C17H22N2O4. The fraction of sp³-hybridized carbons (Fsp3) is 0.412. The molecular weight excluding hydrogens is 296 g/mol. The highest BCUT2D eigenvalue weighted by Crippen LogP contribution is 2.19. The zero-order valence-electron chi connectivity index (χ0n) is 13.2. The monoisotopic (exact) mass is 318 g/mol. The summed E-state index contributed by atoms with van der Waals surface area (Å²) in [6, 6.07) is 3.40. The molecule has 1 aromatic heterocycles. The molecule has 6 nitrogen and oxygen atoms in total. The van der Waals surface area contributed by atoms with Crippen LogP contribution in [0.4, 0.5) is 0 Å². The first-order valence-electron chi connectivity index (χ1n) is 7.63. The highest BCUT2D eigenvalue weighted by atomic mass is 16.4. The Morgan fingerprint density at radius 3 is 2.96 bits per heavy atom. The van der Waals surface area contributed by atoms with Gasteiger partial charge in [-0.1, -0.05) is 18.2 Å². The predicted molar refractivity (Wildman–Crippen MR) is 86.0 cm³/mol. The Balaban J connectivity index is 1.88. The van der Waals surface area contributed by atoms with Gasteiger partial charge in [-0.05, 0) is 31.9 Å². The summed E-state index contributed by atoms with van der Waals surface area (Å²) in [4.78, 5) is 25.0. The summed E-state index contributed by atoms with van der Waals surface area (Å²) in [5, 5.41) is 11.6. The van der Waals surface area contributed by atoms with E-state index < -0.39 is 5.97 Å². The van der Waals surface area contributed by atoms with Gasteiger partial charge in [-0.25, -0.2) is 4.79 Å². The van der Waals surface area contributed by atoms with Crippen molar-refractivity contribution in [3.63, 3.8) is 0 Å². The first-order chi connectivity index (χ1) is 11.0. The van der Waals surface area contributed by atoms with Crippen LogP contribution in [0.15, 0.2) is 41.4 Å². The maximum atomic E-state index is 12.2. The zero-order valence-corrected chi connectivity index (χ0v) is 13.2. The average molecular weight is 318 g/mol. The average Bonchev–Trinajstić information content (AvgIpc) is 2.98. The van der Waals surface area contributed by atoms with Crippen molar-refractivity contribution < 1.29 is 19.1 Å². The van der Waals surface area contributed by atoms with Crippen molar-refractivity contribution in [3.8, 4) is 0 Å². The van der Waals surface area contributed by atoms with Crippen LogP contribution in [-0.4, -0.2) is 40.5 Å². The third kappa shape index (κ3) is 4.56. The molecule has 1 amide bonds. The maximum Gasteiger partial charge on any atom is 0.371 e. The van der Waals surface area contributed by atoms with Crippen LogP contribution in [0.5, 0.6) is 0 Å². The van der Waals surface area contributed by atoms with Gasteiger partial charge in [0.15, 0.2) is 0 Å². The molecule has 2 rings (SSSR count). The molecule has 1 aliphatic heterocycles. The van der Waals surface area contributed by atoms with E-state index in [2.05, 4.69) is 35.9 Å². The third-order valence-corrected chi connectivity index (χ3v) is 3.91. The van der Waals surface area contributed by atoms with Crippen molar-refractivity contribution >= 4 is 11.9 Å². The molecule has 2 unspecified atom stereocenters. The highest BCUT2D eigenvalue weighted by Gasteiger charge is 2.25. The van der Waals surface area contributed by atoms with E-state index in [9.17, 15) is 9.59 Å². The minimum atomic E-state index is -1.12. The number of hydrogen-bond acceptors (Lipinski definition) is 4. The van der Waals surface area contributed by atoms with Crippen LogP contribution in [0.2, 0.25) is 0 Å². The number of amides is 1. The van der Waals surface area contributed by atoms with Crippen LogP contribution >= 0.6 is 0 Å². The van der Waals surface area contributed by atoms with Gasteiger partial charge in [-0.2, -0.15) is 0 Å². The molecule has 0 bridgehead atoms. The van der Waals surface area contributed by atoms with Crippen molar-refractivity contribution in [1.29, 1.82) is 0 Å². The molecule has 0 aromatic carbocycles. The van der Waals surface area contributed by atoms with E-state index in [0.717, 1.165) is 12.8 Å². The Hall–Kier alpha value is -2.34. The summed E-state index contributed by atoms with van der Waals surface area (Å²) >= 11 is 0. The summed E-state index contributed by atoms with van der Waals surface area (Å²) in [5.41, 5.74) is 0. The molecule has 2 N–H and O–H groups in total. The Bertz CT molecular complexity index is 605. The number of carbonyl (C=O) groups is 2. The number of furan rings is 1. The summed E-state index contributed by atoms with van der Waals surface area (Å²) in [6.07, 6.45) is 7.85. The second-order valence-electron chi connectivity index (χ2n) is 5.60. The molecule has 2 atom stereocenters. The SMILES string of the molecule is C=CCC1CC=CC(C)N1CC(=O)NCc1ccc(C(=O)O)o1. The van der Waals surface area contributed by atoms with Gasteiger partial charge in [0, 0.05) is 12.1 Å². The molecule has 124 valence electrons. The number of rotatable bonds is 7. The van der Waals surface area contributed by atoms with E-state index in [1.165, 1.54) is 6.07 Å². The maximum absolute atomic E-state index is 12.2. The van der Waals surface area contributed by atoms with Crippen molar-refractivity contribution in [2.75, 3.05) is 6.54 Å². The van der Waals surface area contributed by atoms with E-state index in [1.54, 1.807) is 6.07 Å². The van der Waals surface area contributed by atoms with Crippen LogP contribution in [0.3, 0.4) is 0 Å². The molecule has 0 saturated carbocycles. The van der Waals surface area contributed by atoms with E-state index in [-0.39, 0.29) is 36.8 Å². The molecule has 23 heavy (non-hydrogen) atoms. The molecule has 0 spiro atoms. The van der Waals surface area contributed by atoms with Gasteiger partial charge in [-0.3, -0.25) is 9.69 Å². The third-order valence-electron chi connectivity index (χ3n) is 3.91. The Kier molecular flexibility index (Phi) is 5.76. The number of carbonyl (C=O) groups excluding carboxylic acids is 1. The number of carboxylic acid groups (broad SMARTS) is 1. The molecule has 6 heteroatoms. The van der Waals surface area contributed by atoms with Crippen LogP contribution in [-0.2, 0) is 11.3 Å². The van der Waals surface area contributed by atoms with Gasteiger partial charge >= 0.3 is 5.97 Å². The summed E-state index contributed by atoms with van der Waals surface area (Å²) in [6.45, 7) is 6.30. The first-order valence-corrected chi connectivity index (χ1v) is 7.63. The van der Waals surface area contributed by atoms with Crippen molar-refractivity contribution in [2.24, 2.45) is 0 Å². The second-order valence-corrected chi connectivity index (χ2v) is 5.60. The van der Waals surface area contributed by atoms with E-state index >= 15 is 0 Å². The number of carboxylic acids is 1. The fourth-order valence-electron chi connectivity index (χ4n) is 2.70. The molecule has 1 aliphatic rings. The second kappa shape index (κ2) is 7.78. The molecule has 2 heterocycles. The van der Waals surface area contributed by atoms with Gasteiger partial charge in [0.2, 0.25) is 11.7 Å². The Morgan fingerprint density at radius 1 is 1.52 bits per heavy atom. The zero-order chi connectivity index (χ0) is 16.8. The van der Waals surface area contributed by atoms with E-state index in [0.29, 0.717) is 5.76 Å². The van der Waals surface area contributed by atoms with E-state index in [1.807, 2.05) is 6.08 Å². The lowest BCUT2D eigenvalue weighted by Gasteiger charge is -2.36. The van der Waals surface area contributed by atoms with Crippen molar-refractivity contribution in [3.05, 3.63) is 48.5 Å². The number of nitrogens with one attached hydrogen (secondary N) is 1. The minimum absolute atomic E-state index is 0.116. The Labute approximate surface area is 135 Å². The fourth-order valence-corrected chi connectivity index (χ4v) is 2.70. The standard InChI is InChI=1S/C17H22N2O4/c1-3-5-13-7-4-6-12(2)19(13)11-16(20)18-10-14-8-9-15(23-14)17(21)22/h3-4,6,8-9,12-13H,1,5,7,10-11H2,2H3,(H,18,20)(H,21,22). The number of hydrogen-bond donors (Lipinski definition) is 2. The molecule has 0 saturated heterocycles. The lowest BCUT2D eigenvalue weighted by atomic mass is 10.0. The Morgan fingerprint density at radius 2 is 2.30 bits per heavy atom. The highest BCUT2D eigenvalue weighted by molar-refractivity contribution is 5.84. The minimum Gasteiger partial charge on any atom is -0.475 e. The van der Waals surface area contributed by atoms with Gasteiger partial charge in [0.1, 0.15) is 5.76 Å². The quantitative estimate of drug-likeness (QED) is 0.753. The number of nitrogens with zero attached hydrogens (tertiary/aromatic N) is 1. The molecule has 1 aromatic rings. The molecule has 0 aliphatic carbocycles. The van der Waals surface area contributed by atoms with Crippen molar-refractivity contribution in [2.45, 2.75) is 38.4 Å². The largest absolute Gasteiger partial charge is 0.475 e. The van der Waals surface area contributed by atoms with Gasteiger partial charge < -0.3 is 14.8 Å². The smallest absolute Gasteiger partial charge is 0.371 e. The predicted octanol–water partition coefficient (Wildman–Crippen LogP) is 2.19. The first kappa shape index (κ1) is 17.0. The van der Waals surface area contributed by atoms with Crippen LogP contribution in [0.25, 0.3) is 0 Å². The lowest BCUT2D eigenvalue weighted by molar-refractivity contribution is -0.123. The normalized spacial score (nSPS) is 21.1. The van der Waals surface area contributed by atoms with Gasteiger partial charge in [-0.15, -0.1) is 6.58 Å². The summed E-state index contributed by atoms with van der Waals surface area (Å²) in [5.74, 6) is -0.946. The summed E-state index contributed by atoms with van der Waals surface area (Å²) < 4.78 is 5.11. The van der Waals surface area contributed by atoms with E-state index in [4.69, 9.17) is 9.52 Å². The van der Waals surface area contributed by atoms with Crippen LogP contribution in [0, 0.1) is 0 Å². The van der Waals surface area contributed by atoms with Gasteiger partial charge in [0.25, 0.3) is 0 Å². The molecule has 0 radical (unpaired) electrons. The van der Waals surface area contributed by atoms with Crippen LogP contribution < -0.4 is 5.32 Å².